The zero-order chi connectivity index (χ0) is 27.7. The summed E-state index contributed by atoms with van der Waals surface area (Å²) in [6.45, 7) is 3.81. The van der Waals surface area contributed by atoms with E-state index >= 15 is 4.39 Å². The Hall–Kier alpha value is -4.67. The van der Waals surface area contributed by atoms with Crippen LogP contribution in [-0.4, -0.2) is 65.7 Å². The lowest BCUT2D eigenvalue weighted by Crippen LogP contribution is -2.49. The van der Waals surface area contributed by atoms with E-state index in [9.17, 15) is 9.59 Å². The van der Waals surface area contributed by atoms with Crippen LogP contribution in [0.3, 0.4) is 0 Å². The second kappa shape index (κ2) is 10.6. The molecule has 1 fully saturated rings. The third kappa shape index (κ3) is 4.95. The van der Waals surface area contributed by atoms with Gasteiger partial charge in [-0.05, 0) is 29.8 Å². The van der Waals surface area contributed by atoms with Crippen LogP contribution in [0.5, 0.6) is 23.0 Å². The lowest BCUT2D eigenvalue weighted by molar-refractivity contribution is -0.129. The predicted octanol–water partition coefficient (Wildman–Crippen LogP) is 3.61. The summed E-state index contributed by atoms with van der Waals surface area (Å²) in [5.74, 6) is 1.29. The molecule has 11 heteroatoms. The van der Waals surface area contributed by atoms with Crippen LogP contribution in [0.25, 0.3) is 22.0 Å². The number of fused-ring (bicyclic) bond motifs is 1. The maximum Gasteiger partial charge on any atom is 0.262 e. The van der Waals surface area contributed by atoms with E-state index in [1.165, 1.54) is 37.1 Å². The number of amides is 1. The van der Waals surface area contributed by atoms with Gasteiger partial charge < -0.3 is 24.0 Å². The second-order valence-electron chi connectivity index (χ2n) is 9.11. The SMILES string of the molecule is COc1cc2nccc(Oc3ccc(-c4cnc(N5CCN(C(C)=O)CC5)n(C)c4=O)cc3F)c2cc1OC. The number of rotatable bonds is 6. The maximum atomic E-state index is 15.2. The zero-order valence-electron chi connectivity index (χ0n) is 22.1. The van der Waals surface area contributed by atoms with E-state index in [0.29, 0.717) is 65.8 Å². The molecular weight excluding hydrogens is 505 g/mol. The van der Waals surface area contributed by atoms with E-state index in [0.717, 1.165) is 0 Å². The van der Waals surface area contributed by atoms with E-state index in [-0.39, 0.29) is 22.8 Å². The highest BCUT2D eigenvalue weighted by Gasteiger charge is 2.22. The van der Waals surface area contributed by atoms with Gasteiger partial charge in [-0.3, -0.25) is 19.1 Å². The molecule has 0 radical (unpaired) electrons. The summed E-state index contributed by atoms with van der Waals surface area (Å²) < 4.78 is 33.3. The second-order valence-corrected chi connectivity index (χ2v) is 9.11. The first-order chi connectivity index (χ1) is 18.8. The Morgan fingerprint density at radius 1 is 0.923 bits per heavy atom. The Bertz CT molecular complexity index is 1610. The van der Waals surface area contributed by atoms with Crippen LogP contribution in [0.2, 0.25) is 0 Å². The van der Waals surface area contributed by atoms with Crippen LogP contribution < -0.4 is 24.7 Å². The minimum Gasteiger partial charge on any atom is -0.493 e. The molecule has 3 heterocycles. The quantitative estimate of drug-likeness (QED) is 0.371. The smallest absolute Gasteiger partial charge is 0.262 e. The van der Waals surface area contributed by atoms with Crippen molar-refractivity contribution >= 4 is 22.8 Å². The molecule has 0 atom stereocenters. The number of anilines is 1. The highest BCUT2D eigenvalue weighted by atomic mass is 19.1. The third-order valence-electron chi connectivity index (χ3n) is 6.82. The van der Waals surface area contributed by atoms with Crippen molar-refractivity contribution in [2.45, 2.75) is 6.92 Å². The molecular formula is C28H28FN5O5. The standard InChI is InChI=1S/C28H28FN5O5/c1-17(35)33-9-11-34(12-10-33)28-31-16-20(27(36)32(28)2)18-5-6-24(21(29)13-18)39-23-7-8-30-22-15-26(38-4)25(37-3)14-19(22)23/h5-8,13-16H,9-12H2,1-4H3. The minimum atomic E-state index is -0.635. The third-order valence-corrected chi connectivity index (χ3v) is 6.82. The van der Waals surface area contributed by atoms with E-state index < -0.39 is 5.82 Å². The van der Waals surface area contributed by atoms with Crippen molar-refractivity contribution in [2.75, 3.05) is 45.3 Å². The number of carbonyl (C=O) groups is 1. The molecule has 10 nitrogen and oxygen atoms in total. The van der Waals surface area contributed by atoms with Crippen molar-refractivity contribution in [2.24, 2.45) is 7.05 Å². The van der Waals surface area contributed by atoms with Gasteiger partial charge in [-0.1, -0.05) is 6.07 Å². The largest absolute Gasteiger partial charge is 0.493 e. The number of piperazine rings is 1. The van der Waals surface area contributed by atoms with Crippen LogP contribution in [-0.2, 0) is 11.8 Å². The van der Waals surface area contributed by atoms with Crippen molar-refractivity contribution in [1.82, 2.24) is 19.4 Å². The summed E-state index contributed by atoms with van der Waals surface area (Å²) in [4.78, 5) is 37.4. The summed E-state index contributed by atoms with van der Waals surface area (Å²) >= 11 is 0. The van der Waals surface area contributed by atoms with Gasteiger partial charge in [0.2, 0.25) is 11.9 Å². The fourth-order valence-corrected chi connectivity index (χ4v) is 4.65. The average molecular weight is 534 g/mol. The molecule has 5 rings (SSSR count). The van der Waals surface area contributed by atoms with Crippen molar-refractivity contribution in [3.8, 4) is 34.1 Å². The lowest BCUT2D eigenvalue weighted by Gasteiger charge is -2.35. The molecule has 1 saturated heterocycles. The van der Waals surface area contributed by atoms with Crippen LogP contribution >= 0.6 is 0 Å². The van der Waals surface area contributed by atoms with Gasteiger partial charge in [0.15, 0.2) is 23.1 Å². The summed E-state index contributed by atoms with van der Waals surface area (Å²) in [5, 5.41) is 0.622. The Labute approximate surface area is 224 Å². The molecule has 4 aromatic rings. The van der Waals surface area contributed by atoms with Gasteiger partial charge in [0.25, 0.3) is 5.56 Å². The Morgan fingerprint density at radius 3 is 2.31 bits per heavy atom. The first-order valence-corrected chi connectivity index (χ1v) is 12.4. The fourth-order valence-electron chi connectivity index (χ4n) is 4.65. The van der Waals surface area contributed by atoms with E-state index in [2.05, 4.69) is 9.97 Å². The van der Waals surface area contributed by atoms with Crippen molar-refractivity contribution < 1.29 is 23.4 Å². The molecule has 2 aromatic heterocycles. The normalized spacial score (nSPS) is 13.5. The predicted molar refractivity (Wildman–Crippen MR) is 144 cm³/mol. The molecule has 0 bridgehead atoms. The molecule has 0 N–H and O–H groups in total. The molecule has 0 aliphatic carbocycles. The van der Waals surface area contributed by atoms with Crippen molar-refractivity contribution in [1.29, 1.82) is 0 Å². The molecule has 0 spiro atoms. The van der Waals surface area contributed by atoms with Crippen LogP contribution in [0.15, 0.2) is 53.6 Å². The fraction of sp³-hybridized carbons (Fsp3) is 0.286. The number of ether oxygens (including phenoxy) is 3. The number of hydrogen-bond acceptors (Lipinski definition) is 8. The summed E-state index contributed by atoms with van der Waals surface area (Å²) in [6, 6.07) is 9.43. The summed E-state index contributed by atoms with van der Waals surface area (Å²) in [7, 11) is 4.70. The Morgan fingerprint density at radius 2 is 1.64 bits per heavy atom. The monoisotopic (exact) mass is 533 g/mol. The van der Waals surface area contributed by atoms with Crippen LogP contribution in [0.1, 0.15) is 6.92 Å². The Kier molecular flexibility index (Phi) is 7.05. The van der Waals surface area contributed by atoms with E-state index in [4.69, 9.17) is 14.2 Å². The molecule has 1 aliphatic heterocycles. The first kappa shape index (κ1) is 26.0. The molecule has 1 aliphatic rings. The molecule has 202 valence electrons. The zero-order valence-corrected chi connectivity index (χ0v) is 22.1. The van der Waals surface area contributed by atoms with Crippen LogP contribution in [0, 0.1) is 5.82 Å². The number of pyridine rings is 1. The van der Waals surface area contributed by atoms with Gasteiger partial charge in [0, 0.05) is 64.0 Å². The molecule has 0 saturated carbocycles. The van der Waals surface area contributed by atoms with Crippen molar-refractivity contribution in [3.63, 3.8) is 0 Å². The first-order valence-electron chi connectivity index (χ1n) is 12.4. The van der Waals surface area contributed by atoms with Gasteiger partial charge >= 0.3 is 0 Å². The highest BCUT2D eigenvalue weighted by molar-refractivity contribution is 5.88. The van der Waals surface area contributed by atoms with E-state index in [1.54, 1.807) is 49.3 Å². The van der Waals surface area contributed by atoms with Gasteiger partial charge in [-0.2, -0.15) is 0 Å². The van der Waals surface area contributed by atoms with E-state index in [1.807, 2.05) is 4.90 Å². The van der Waals surface area contributed by atoms with Gasteiger partial charge in [-0.15, -0.1) is 0 Å². The molecule has 39 heavy (non-hydrogen) atoms. The average Bonchev–Trinajstić information content (AvgIpc) is 2.95. The number of nitrogens with zero attached hydrogens (tertiary/aromatic N) is 5. The topological polar surface area (TPSA) is 99.0 Å². The molecule has 0 unspecified atom stereocenters. The number of aromatic nitrogens is 3. The minimum absolute atomic E-state index is 0.00854. The van der Waals surface area contributed by atoms with Crippen molar-refractivity contribution in [3.05, 3.63) is 65.0 Å². The van der Waals surface area contributed by atoms with Gasteiger partial charge in [0.05, 0.1) is 25.3 Å². The molecule has 2 aromatic carbocycles. The number of methoxy groups -OCH3 is 2. The summed E-state index contributed by atoms with van der Waals surface area (Å²) in [5.41, 5.74) is 0.940. The Balaban J connectivity index is 1.41. The molecule has 1 amide bonds. The lowest BCUT2D eigenvalue weighted by atomic mass is 10.1. The summed E-state index contributed by atoms with van der Waals surface area (Å²) in [6.07, 6.45) is 3.02. The number of benzene rings is 2. The number of carbonyl (C=O) groups excluding carboxylic acids is 1. The van der Waals surface area contributed by atoms with Gasteiger partial charge in [0.1, 0.15) is 5.75 Å². The van der Waals surface area contributed by atoms with Crippen LogP contribution in [0.4, 0.5) is 10.3 Å². The maximum absolute atomic E-state index is 15.2. The number of hydrogen-bond donors (Lipinski definition) is 0. The van der Waals surface area contributed by atoms with Gasteiger partial charge in [-0.25, -0.2) is 9.37 Å². The highest BCUT2D eigenvalue weighted by Crippen LogP contribution is 2.37. The number of halogens is 1.